The monoisotopic (exact) mass is 724 g/mol. The first-order valence-electron chi connectivity index (χ1n) is 11.2. The van der Waals surface area contributed by atoms with Crippen LogP contribution in [0.1, 0.15) is 44.5 Å². The Bertz CT molecular complexity index is 1620. The second kappa shape index (κ2) is 9.73. The second-order valence-corrected chi connectivity index (χ2v) is 10.3. The average Bonchev–Trinajstić information content (AvgIpc) is 3.35. The van der Waals surface area contributed by atoms with Crippen molar-refractivity contribution < 1.29 is 0 Å². The Balaban J connectivity index is 1.83. The van der Waals surface area contributed by atoms with E-state index in [1.54, 1.807) is 0 Å². The third kappa shape index (κ3) is 3.68. The summed E-state index contributed by atoms with van der Waals surface area (Å²) in [5, 5.41) is 0. The highest BCUT2D eigenvalue weighted by Gasteiger charge is 2.52. The molecule has 172 valence electrons. The standard InChI is InChI=1S/C33H12Br4/c34-13-9-21-1-5-25-26-6-2-22(10-14-35)18-30(26)33(29(25)17-21)31-19-23(11-15-36)3-7-27(31)28-8-4-24(12-16-37)20-32(28)33/h1-8,17-20H. The highest BCUT2D eigenvalue weighted by atomic mass is 79.9. The van der Waals surface area contributed by atoms with E-state index in [0.29, 0.717) is 0 Å². The summed E-state index contributed by atoms with van der Waals surface area (Å²) in [4.78, 5) is 11.5. The van der Waals surface area contributed by atoms with Gasteiger partial charge in [-0.2, -0.15) is 0 Å². The molecular weight excluding hydrogens is 716 g/mol. The molecule has 0 saturated heterocycles. The van der Waals surface area contributed by atoms with E-state index in [0.717, 1.165) is 22.3 Å². The van der Waals surface area contributed by atoms with Gasteiger partial charge in [0.2, 0.25) is 0 Å². The van der Waals surface area contributed by atoms with Crippen LogP contribution in [0.2, 0.25) is 0 Å². The van der Waals surface area contributed by atoms with Crippen molar-refractivity contribution in [2.45, 2.75) is 5.41 Å². The third-order valence-electron chi connectivity index (χ3n) is 7.04. The predicted molar refractivity (Wildman–Crippen MR) is 166 cm³/mol. The highest BCUT2D eigenvalue weighted by Crippen LogP contribution is 2.63. The number of benzene rings is 4. The Kier molecular flexibility index (Phi) is 6.41. The predicted octanol–water partition coefficient (Wildman–Crippen LogP) is 8.85. The van der Waals surface area contributed by atoms with E-state index in [1.165, 1.54) is 44.5 Å². The molecule has 4 heteroatoms. The van der Waals surface area contributed by atoms with Crippen molar-refractivity contribution in [3.05, 3.63) is 117 Å². The molecule has 6 rings (SSSR count). The largest absolute Gasteiger partial charge is 0.0727 e. The summed E-state index contributed by atoms with van der Waals surface area (Å²) in [6.45, 7) is 0. The van der Waals surface area contributed by atoms with Gasteiger partial charge in [0.25, 0.3) is 0 Å². The fraction of sp³-hybridized carbons (Fsp3) is 0.0303. The number of fused-ring (bicyclic) bond motifs is 10. The molecule has 0 saturated carbocycles. The van der Waals surface area contributed by atoms with Crippen LogP contribution in [0.4, 0.5) is 0 Å². The quantitative estimate of drug-likeness (QED) is 0.137. The molecule has 0 radical (unpaired) electrons. The third-order valence-corrected chi connectivity index (χ3v) is 7.83. The number of halogens is 4. The molecule has 0 amide bonds. The normalized spacial score (nSPS) is 12.2. The molecule has 37 heavy (non-hydrogen) atoms. The maximum atomic E-state index is 3.28. The van der Waals surface area contributed by atoms with E-state index >= 15 is 0 Å². The molecule has 0 aliphatic heterocycles. The van der Waals surface area contributed by atoms with Crippen LogP contribution in [0.5, 0.6) is 0 Å². The first-order chi connectivity index (χ1) is 18.1. The summed E-state index contributed by atoms with van der Waals surface area (Å²) in [5.41, 5.74) is 12.8. The smallest absolute Gasteiger partial charge is 0.0545 e. The van der Waals surface area contributed by atoms with Gasteiger partial charge in [-0.05, 0) is 112 Å². The molecule has 0 aromatic heterocycles. The van der Waals surface area contributed by atoms with E-state index in [-0.39, 0.29) is 0 Å². The summed E-state index contributed by atoms with van der Waals surface area (Å²) >= 11 is 13.1. The lowest BCUT2D eigenvalue weighted by Gasteiger charge is -2.31. The SMILES string of the molecule is BrC#Cc1ccc2c(c1)C1(c3cc(C#CBr)ccc3-2)c2cc(C#CBr)ccc2-c2ccc(C#CBr)cc21. The van der Waals surface area contributed by atoms with Crippen molar-refractivity contribution in [3.63, 3.8) is 0 Å². The van der Waals surface area contributed by atoms with Crippen molar-refractivity contribution in [3.8, 4) is 65.3 Å². The van der Waals surface area contributed by atoms with Crippen LogP contribution in [0.3, 0.4) is 0 Å². The molecule has 4 aromatic rings. The zero-order valence-corrected chi connectivity index (χ0v) is 25.3. The van der Waals surface area contributed by atoms with Crippen LogP contribution < -0.4 is 0 Å². The fourth-order valence-electron chi connectivity index (χ4n) is 5.76. The number of hydrogen-bond acceptors (Lipinski definition) is 0. The van der Waals surface area contributed by atoms with Gasteiger partial charge in [-0.15, -0.1) is 0 Å². The van der Waals surface area contributed by atoms with Crippen LogP contribution in [-0.4, -0.2) is 0 Å². The minimum absolute atomic E-state index is 0.558. The summed E-state index contributed by atoms with van der Waals surface area (Å²) in [6, 6.07) is 26.0. The van der Waals surface area contributed by atoms with E-state index < -0.39 is 5.41 Å². The first-order valence-corrected chi connectivity index (χ1v) is 14.4. The molecule has 0 unspecified atom stereocenters. The van der Waals surface area contributed by atoms with Gasteiger partial charge in [0, 0.05) is 86.0 Å². The molecule has 2 aliphatic rings. The van der Waals surface area contributed by atoms with Gasteiger partial charge in [-0.25, -0.2) is 0 Å². The lowest BCUT2D eigenvalue weighted by Crippen LogP contribution is -2.26. The Labute approximate surface area is 249 Å². The Morgan fingerprint density at radius 1 is 0.378 bits per heavy atom. The maximum absolute atomic E-state index is 3.28. The van der Waals surface area contributed by atoms with Crippen molar-refractivity contribution in [2.24, 2.45) is 0 Å². The lowest BCUT2D eigenvalue weighted by atomic mass is 9.69. The van der Waals surface area contributed by atoms with E-state index in [2.05, 4.69) is 180 Å². The molecule has 0 nitrogen and oxygen atoms in total. The Morgan fingerprint density at radius 3 is 0.838 bits per heavy atom. The average molecular weight is 728 g/mol. The Morgan fingerprint density at radius 2 is 0.622 bits per heavy atom. The molecule has 0 fully saturated rings. The fourth-order valence-corrected chi connectivity index (χ4v) is 6.67. The van der Waals surface area contributed by atoms with E-state index in [1.807, 2.05) is 0 Å². The van der Waals surface area contributed by atoms with E-state index in [9.17, 15) is 0 Å². The summed E-state index contributed by atoms with van der Waals surface area (Å²) < 4.78 is 0. The van der Waals surface area contributed by atoms with Crippen molar-refractivity contribution in [1.82, 2.24) is 0 Å². The highest BCUT2D eigenvalue weighted by molar-refractivity contribution is 9.12. The summed E-state index contributed by atoms with van der Waals surface area (Å²) in [6.07, 6.45) is 0. The number of hydrogen-bond donors (Lipinski definition) is 0. The number of rotatable bonds is 0. The van der Waals surface area contributed by atoms with Crippen LogP contribution >= 0.6 is 63.7 Å². The van der Waals surface area contributed by atoms with Crippen molar-refractivity contribution in [2.75, 3.05) is 0 Å². The maximum Gasteiger partial charge on any atom is 0.0727 e. The van der Waals surface area contributed by atoms with Gasteiger partial charge in [-0.1, -0.05) is 47.9 Å². The molecule has 4 aromatic carbocycles. The topological polar surface area (TPSA) is 0 Å². The summed E-state index contributed by atoms with van der Waals surface area (Å²) in [7, 11) is 0. The van der Waals surface area contributed by atoms with Gasteiger partial charge in [0.1, 0.15) is 0 Å². The van der Waals surface area contributed by atoms with Crippen LogP contribution in [0.15, 0.2) is 72.8 Å². The molecule has 1 spiro atoms. The summed E-state index contributed by atoms with van der Waals surface area (Å²) in [5.74, 6) is 12.8. The van der Waals surface area contributed by atoms with E-state index in [4.69, 9.17) is 0 Å². The first kappa shape index (κ1) is 24.4. The van der Waals surface area contributed by atoms with Crippen LogP contribution in [-0.2, 0) is 5.41 Å². The molecule has 0 atom stereocenters. The van der Waals surface area contributed by atoms with Crippen LogP contribution in [0, 0.1) is 43.0 Å². The molecule has 0 heterocycles. The van der Waals surface area contributed by atoms with Gasteiger partial charge in [0.05, 0.1) is 5.41 Å². The molecular formula is C33H12Br4. The lowest BCUT2D eigenvalue weighted by molar-refractivity contribution is 0.792. The van der Waals surface area contributed by atoms with Gasteiger partial charge in [-0.3, -0.25) is 0 Å². The molecule has 0 N–H and O–H groups in total. The van der Waals surface area contributed by atoms with Gasteiger partial charge in [0.15, 0.2) is 0 Å². The van der Waals surface area contributed by atoms with Gasteiger partial charge >= 0.3 is 0 Å². The van der Waals surface area contributed by atoms with Gasteiger partial charge < -0.3 is 0 Å². The zero-order valence-electron chi connectivity index (χ0n) is 18.9. The van der Waals surface area contributed by atoms with Crippen molar-refractivity contribution in [1.29, 1.82) is 0 Å². The minimum Gasteiger partial charge on any atom is -0.0545 e. The molecule has 2 aliphatic carbocycles. The Hall–Kier alpha value is -2.96. The zero-order chi connectivity index (χ0) is 25.6. The van der Waals surface area contributed by atoms with Crippen molar-refractivity contribution >= 4 is 63.7 Å². The van der Waals surface area contributed by atoms with Crippen LogP contribution in [0.25, 0.3) is 22.3 Å². The minimum atomic E-state index is -0.558. The molecule has 0 bridgehead atoms. The second-order valence-electron chi connectivity index (χ2n) is 8.67.